The third-order valence-corrected chi connectivity index (χ3v) is 6.31. The fraction of sp³-hybridized carbons (Fsp3) is 1.00. The molecule has 5 unspecified atom stereocenters. The van der Waals surface area contributed by atoms with Gasteiger partial charge in [-0.1, -0.05) is 39.5 Å². The topological polar surface area (TPSA) is 21.3 Å². The van der Waals surface area contributed by atoms with Crippen molar-refractivity contribution in [2.75, 3.05) is 13.7 Å². The molecule has 0 bridgehead atoms. The van der Waals surface area contributed by atoms with E-state index in [1.54, 1.807) is 0 Å². The van der Waals surface area contributed by atoms with Crippen LogP contribution in [0.4, 0.5) is 0 Å². The second-order valence-electron chi connectivity index (χ2n) is 7.66. The van der Waals surface area contributed by atoms with E-state index in [1.807, 2.05) is 0 Å². The van der Waals surface area contributed by atoms with Crippen molar-refractivity contribution in [1.82, 2.24) is 5.32 Å². The van der Waals surface area contributed by atoms with Crippen LogP contribution in [0.25, 0.3) is 0 Å². The van der Waals surface area contributed by atoms with Gasteiger partial charge in [-0.3, -0.25) is 0 Å². The Morgan fingerprint density at radius 3 is 2.24 bits per heavy atom. The van der Waals surface area contributed by atoms with Crippen molar-refractivity contribution in [2.45, 2.75) is 84.3 Å². The highest BCUT2D eigenvalue weighted by Gasteiger charge is 2.37. The van der Waals surface area contributed by atoms with Gasteiger partial charge in [-0.15, -0.1) is 0 Å². The van der Waals surface area contributed by atoms with Crippen molar-refractivity contribution in [3.05, 3.63) is 0 Å². The Morgan fingerprint density at radius 1 is 0.952 bits per heavy atom. The summed E-state index contributed by atoms with van der Waals surface area (Å²) < 4.78 is 6.29. The maximum absolute atomic E-state index is 6.29. The monoisotopic (exact) mass is 295 g/mol. The molecule has 0 radical (unpaired) electrons. The van der Waals surface area contributed by atoms with Crippen LogP contribution in [-0.4, -0.2) is 25.8 Å². The Bertz CT molecular complexity index is 287. The molecule has 0 spiro atoms. The minimum atomic E-state index is 0.436. The Balaban J connectivity index is 2.03. The highest BCUT2D eigenvalue weighted by Crippen LogP contribution is 2.39. The number of likely N-dealkylation sites (N-methyl/N-ethyl adjacent to an activating group) is 1. The van der Waals surface area contributed by atoms with Gasteiger partial charge in [0.1, 0.15) is 0 Å². The van der Waals surface area contributed by atoms with Crippen LogP contribution in [0.2, 0.25) is 0 Å². The molecular formula is C19H37NO. The summed E-state index contributed by atoms with van der Waals surface area (Å²) in [4.78, 5) is 0. The van der Waals surface area contributed by atoms with E-state index in [-0.39, 0.29) is 0 Å². The zero-order valence-corrected chi connectivity index (χ0v) is 14.7. The molecule has 2 saturated carbocycles. The third-order valence-electron chi connectivity index (χ3n) is 6.31. The predicted molar refractivity (Wildman–Crippen MR) is 90.5 cm³/mol. The van der Waals surface area contributed by atoms with Gasteiger partial charge >= 0.3 is 0 Å². The summed E-state index contributed by atoms with van der Waals surface area (Å²) in [5.74, 6) is 3.36. The van der Waals surface area contributed by atoms with Gasteiger partial charge in [0.05, 0.1) is 6.10 Å². The first-order valence-corrected chi connectivity index (χ1v) is 9.46. The van der Waals surface area contributed by atoms with Crippen molar-refractivity contribution in [3.8, 4) is 0 Å². The molecule has 0 saturated heterocycles. The molecule has 0 amide bonds. The summed E-state index contributed by atoms with van der Waals surface area (Å²) in [5.41, 5.74) is 0. The third kappa shape index (κ3) is 4.45. The lowest BCUT2D eigenvalue weighted by Crippen LogP contribution is -2.50. The normalized spacial score (nSPS) is 34.6. The van der Waals surface area contributed by atoms with E-state index < -0.39 is 0 Å². The first-order valence-electron chi connectivity index (χ1n) is 9.46. The van der Waals surface area contributed by atoms with E-state index >= 15 is 0 Å². The van der Waals surface area contributed by atoms with Crippen LogP contribution in [0.15, 0.2) is 0 Å². The Kier molecular flexibility index (Phi) is 7.01. The molecule has 1 N–H and O–H groups in total. The minimum absolute atomic E-state index is 0.436. The number of hydrogen-bond donors (Lipinski definition) is 1. The molecule has 2 rings (SSSR count). The summed E-state index contributed by atoms with van der Waals surface area (Å²) in [5, 5.41) is 3.66. The van der Waals surface area contributed by atoms with Crippen LogP contribution in [0.5, 0.6) is 0 Å². The van der Waals surface area contributed by atoms with Crippen LogP contribution in [0, 0.1) is 23.7 Å². The van der Waals surface area contributed by atoms with E-state index in [1.165, 1.54) is 51.4 Å². The molecule has 2 aliphatic rings. The molecule has 0 aromatic carbocycles. The van der Waals surface area contributed by atoms with Crippen molar-refractivity contribution in [2.24, 2.45) is 23.7 Å². The Hall–Kier alpha value is -0.0800. The highest BCUT2D eigenvalue weighted by molar-refractivity contribution is 4.91. The summed E-state index contributed by atoms with van der Waals surface area (Å²) in [6, 6.07) is 0.558. The Labute approximate surface area is 132 Å². The van der Waals surface area contributed by atoms with Crippen LogP contribution >= 0.6 is 0 Å². The van der Waals surface area contributed by atoms with Gasteiger partial charge in [0, 0.05) is 12.6 Å². The number of nitrogens with one attached hydrogen (secondary N) is 1. The van der Waals surface area contributed by atoms with Gasteiger partial charge < -0.3 is 10.1 Å². The predicted octanol–water partition coefficient (Wildman–Crippen LogP) is 4.63. The lowest BCUT2D eigenvalue weighted by atomic mass is 9.70. The Morgan fingerprint density at radius 2 is 1.67 bits per heavy atom. The summed E-state index contributed by atoms with van der Waals surface area (Å²) in [6.45, 7) is 7.89. The van der Waals surface area contributed by atoms with E-state index in [2.05, 4.69) is 33.1 Å². The van der Waals surface area contributed by atoms with Crippen LogP contribution in [0.3, 0.4) is 0 Å². The van der Waals surface area contributed by atoms with Gasteiger partial charge in [0.2, 0.25) is 0 Å². The maximum Gasteiger partial charge on any atom is 0.0758 e. The van der Waals surface area contributed by atoms with Gasteiger partial charge in [0.15, 0.2) is 0 Å². The fourth-order valence-corrected chi connectivity index (χ4v) is 4.77. The summed E-state index contributed by atoms with van der Waals surface area (Å²) in [7, 11) is 2.15. The smallest absolute Gasteiger partial charge is 0.0758 e. The van der Waals surface area contributed by atoms with E-state index in [0.29, 0.717) is 12.1 Å². The molecule has 5 atom stereocenters. The molecule has 0 aromatic rings. The average molecular weight is 296 g/mol. The number of hydrogen-bond acceptors (Lipinski definition) is 2. The van der Waals surface area contributed by atoms with Crippen molar-refractivity contribution in [1.29, 1.82) is 0 Å². The minimum Gasteiger partial charge on any atom is -0.377 e. The lowest BCUT2D eigenvalue weighted by molar-refractivity contribution is -0.0381. The van der Waals surface area contributed by atoms with E-state index in [9.17, 15) is 0 Å². The number of ether oxygens (including phenoxy) is 1. The zero-order valence-electron chi connectivity index (χ0n) is 14.7. The molecule has 124 valence electrons. The van der Waals surface area contributed by atoms with Crippen LogP contribution in [0.1, 0.15) is 72.1 Å². The van der Waals surface area contributed by atoms with Crippen molar-refractivity contribution < 1.29 is 4.74 Å². The second-order valence-corrected chi connectivity index (χ2v) is 7.66. The van der Waals surface area contributed by atoms with Crippen LogP contribution in [-0.2, 0) is 4.74 Å². The molecule has 21 heavy (non-hydrogen) atoms. The van der Waals surface area contributed by atoms with Gasteiger partial charge in [-0.2, -0.15) is 0 Å². The molecule has 2 heteroatoms. The average Bonchev–Trinajstić information content (AvgIpc) is 2.51. The van der Waals surface area contributed by atoms with Gasteiger partial charge in [-0.05, 0) is 63.3 Å². The first-order chi connectivity index (χ1) is 10.2. The maximum atomic E-state index is 6.29. The molecular weight excluding hydrogens is 258 g/mol. The summed E-state index contributed by atoms with van der Waals surface area (Å²) in [6.07, 6.45) is 11.6. The molecule has 2 nitrogen and oxygen atoms in total. The molecule has 2 fully saturated rings. The molecule has 0 heterocycles. The number of rotatable bonds is 6. The highest BCUT2D eigenvalue weighted by atomic mass is 16.5. The lowest BCUT2D eigenvalue weighted by Gasteiger charge is -2.43. The largest absolute Gasteiger partial charge is 0.377 e. The molecule has 0 aliphatic heterocycles. The molecule has 0 aromatic heterocycles. The standard InChI is InChI=1S/C19H37NO/c1-5-21-19(16-9-7-6-8-10-16)18(20-4)17-12-11-14(2)15(3)13-17/h14-20H,5-13H2,1-4H3. The van der Waals surface area contributed by atoms with Crippen LogP contribution < -0.4 is 5.32 Å². The quantitative estimate of drug-likeness (QED) is 0.771. The van der Waals surface area contributed by atoms with E-state index in [4.69, 9.17) is 4.74 Å². The van der Waals surface area contributed by atoms with Gasteiger partial charge in [0.25, 0.3) is 0 Å². The SMILES string of the molecule is CCOC(C1CCCCC1)C(NC)C1CCC(C)C(C)C1. The first kappa shape index (κ1) is 17.3. The van der Waals surface area contributed by atoms with Crippen molar-refractivity contribution in [3.63, 3.8) is 0 Å². The second kappa shape index (κ2) is 8.53. The molecule has 2 aliphatic carbocycles. The fourth-order valence-electron chi connectivity index (χ4n) is 4.77. The summed E-state index contributed by atoms with van der Waals surface area (Å²) >= 11 is 0. The zero-order chi connectivity index (χ0) is 15.2. The van der Waals surface area contributed by atoms with E-state index in [0.717, 1.165) is 30.3 Å². The van der Waals surface area contributed by atoms with Gasteiger partial charge in [-0.25, -0.2) is 0 Å². The van der Waals surface area contributed by atoms with Crippen molar-refractivity contribution >= 4 is 0 Å².